The van der Waals surface area contributed by atoms with Crippen LogP contribution in [0.15, 0.2) is 53.7 Å². The van der Waals surface area contributed by atoms with Crippen LogP contribution in [-0.4, -0.2) is 56.9 Å². The summed E-state index contributed by atoms with van der Waals surface area (Å²) in [5.74, 6) is 0.117. The number of benzene rings is 2. The number of aryl methyl sites for hydroxylation is 1. The molecule has 7 nitrogen and oxygen atoms in total. The summed E-state index contributed by atoms with van der Waals surface area (Å²) < 4.78 is 84.4. The number of ether oxygens (including phenoxy) is 1. The van der Waals surface area contributed by atoms with Gasteiger partial charge in [-0.25, -0.2) is 17.5 Å². The van der Waals surface area contributed by atoms with Crippen molar-refractivity contribution in [3.63, 3.8) is 0 Å². The SMILES string of the molecule is CNS(=O)(=O)c1cnn(C)c1.COc1cc2c(cc1F)CC(CN1CCC1)C2Cc1cccc(C(F)(F)F)c1. The van der Waals surface area contributed by atoms with E-state index in [4.69, 9.17) is 4.74 Å². The van der Waals surface area contributed by atoms with Crippen LogP contribution in [0.4, 0.5) is 17.6 Å². The van der Waals surface area contributed by atoms with Gasteiger partial charge in [-0.1, -0.05) is 18.2 Å². The number of alkyl halides is 3. The van der Waals surface area contributed by atoms with Gasteiger partial charge in [0, 0.05) is 19.8 Å². The minimum atomic E-state index is -4.35. The largest absolute Gasteiger partial charge is 0.494 e. The van der Waals surface area contributed by atoms with E-state index in [9.17, 15) is 26.0 Å². The van der Waals surface area contributed by atoms with Crippen LogP contribution in [0.1, 0.15) is 34.6 Å². The van der Waals surface area contributed by atoms with E-state index < -0.39 is 21.8 Å². The van der Waals surface area contributed by atoms with Crippen molar-refractivity contribution in [2.75, 3.05) is 33.8 Å². The van der Waals surface area contributed by atoms with Crippen molar-refractivity contribution in [2.24, 2.45) is 13.0 Å². The van der Waals surface area contributed by atoms with Gasteiger partial charge in [0.15, 0.2) is 11.6 Å². The zero-order valence-electron chi connectivity index (χ0n) is 22.0. The van der Waals surface area contributed by atoms with Crippen LogP contribution in [0.5, 0.6) is 5.75 Å². The standard InChI is InChI=1S/C22H23F4NO.C5H9N3O2S/c1-28-21-12-19-15(11-20(21)23)10-16(13-27-6-3-7-27)18(19)9-14-4-2-5-17(8-14)22(24,25)26;1-6-11(9,10)5-3-7-8(2)4-5/h2,4-5,8,11-12,16,18H,3,6-7,9-10,13H2,1H3;3-4,6H,1-2H3. The Kier molecular flexibility index (Phi) is 8.67. The smallest absolute Gasteiger partial charge is 0.416 e. The summed E-state index contributed by atoms with van der Waals surface area (Å²) in [6, 6.07) is 8.81. The monoisotopic (exact) mass is 568 g/mol. The molecule has 1 aromatic heterocycles. The van der Waals surface area contributed by atoms with Crippen LogP contribution in [-0.2, 0) is 36.1 Å². The van der Waals surface area contributed by atoms with Crippen molar-refractivity contribution in [2.45, 2.75) is 36.3 Å². The predicted molar refractivity (Wildman–Crippen MR) is 139 cm³/mol. The molecule has 0 bridgehead atoms. The molecule has 1 aliphatic carbocycles. The van der Waals surface area contributed by atoms with Crippen LogP contribution in [0.3, 0.4) is 0 Å². The van der Waals surface area contributed by atoms with Crippen molar-refractivity contribution >= 4 is 10.0 Å². The van der Waals surface area contributed by atoms with Gasteiger partial charge < -0.3 is 9.64 Å². The molecule has 2 atom stereocenters. The summed E-state index contributed by atoms with van der Waals surface area (Å²) in [7, 11) is 1.14. The number of rotatable bonds is 7. The van der Waals surface area contributed by atoms with Gasteiger partial charge in [0.2, 0.25) is 10.0 Å². The lowest BCUT2D eigenvalue weighted by Gasteiger charge is -2.35. The Morgan fingerprint density at radius 1 is 1.18 bits per heavy atom. The molecule has 0 amide bonds. The van der Waals surface area contributed by atoms with Gasteiger partial charge in [-0.3, -0.25) is 4.68 Å². The molecular weight excluding hydrogens is 536 g/mol. The van der Waals surface area contributed by atoms with Crippen LogP contribution < -0.4 is 9.46 Å². The highest BCUT2D eigenvalue weighted by Gasteiger charge is 2.36. The lowest BCUT2D eigenvalue weighted by molar-refractivity contribution is -0.137. The Balaban J connectivity index is 0.000000270. The van der Waals surface area contributed by atoms with Crippen LogP contribution in [0, 0.1) is 11.7 Å². The summed E-state index contributed by atoms with van der Waals surface area (Å²) in [5, 5.41) is 3.73. The Hall–Kier alpha value is -2.96. The molecule has 39 heavy (non-hydrogen) atoms. The fourth-order valence-electron chi connectivity index (χ4n) is 5.12. The molecule has 0 radical (unpaired) electrons. The molecular formula is C27H32F4N4O3S. The zero-order chi connectivity index (χ0) is 28.4. The van der Waals surface area contributed by atoms with E-state index in [0.29, 0.717) is 12.0 Å². The third kappa shape index (κ3) is 6.79. The molecule has 5 rings (SSSR count). The van der Waals surface area contributed by atoms with E-state index in [1.807, 2.05) is 0 Å². The molecule has 0 spiro atoms. The van der Waals surface area contributed by atoms with Crippen LogP contribution >= 0.6 is 0 Å². The number of hydrogen-bond donors (Lipinski definition) is 1. The molecule has 212 valence electrons. The quantitative estimate of drug-likeness (QED) is 0.428. The molecule has 1 saturated heterocycles. The first-order valence-corrected chi connectivity index (χ1v) is 14.1. The van der Waals surface area contributed by atoms with Crippen molar-refractivity contribution in [3.8, 4) is 5.75 Å². The second-order valence-corrected chi connectivity index (χ2v) is 11.8. The lowest BCUT2D eigenvalue weighted by atomic mass is 9.85. The number of aromatic nitrogens is 2. The highest BCUT2D eigenvalue weighted by atomic mass is 32.2. The number of likely N-dealkylation sites (tertiary alicyclic amines) is 1. The second kappa shape index (κ2) is 11.6. The Morgan fingerprint density at radius 2 is 1.92 bits per heavy atom. The molecule has 0 saturated carbocycles. The Morgan fingerprint density at radius 3 is 2.49 bits per heavy atom. The fourth-order valence-corrected chi connectivity index (χ4v) is 5.83. The van der Waals surface area contributed by atoms with Crippen LogP contribution in [0.25, 0.3) is 0 Å². The molecule has 1 N–H and O–H groups in total. The van der Waals surface area contributed by atoms with Crippen molar-refractivity contribution < 1.29 is 30.7 Å². The second-order valence-electron chi connectivity index (χ2n) is 9.87. The number of halogens is 4. The van der Waals surface area contributed by atoms with Gasteiger partial charge in [0.1, 0.15) is 4.90 Å². The van der Waals surface area contributed by atoms with Crippen molar-refractivity contribution in [1.29, 1.82) is 0 Å². The number of nitrogens with zero attached hydrogens (tertiary/aromatic N) is 3. The molecule has 1 fully saturated rings. The maximum atomic E-state index is 14.2. The average Bonchev–Trinajstić information content (AvgIpc) is 3.44. The molecule has 3 aromatic rings. The average molecular weight is 569 g/mol. The van der Waals surface area contributed by atoms with Gasteiger partial charge >= 0.3 is 6.18 Å². The van der Waals surface area contributed by atoms with Gasteiger partial charge in [0.25, 0.3) is 0 Å². The number of sulfonamides is 1. The van der Waals surface area contributed by atoms with E-state index in [1.54, 1.807) is 19.2 Å². The summed E-state index contributed by atoms with van der Waals surface area (Å²) in [6.45, 7) is 3.00. The molecule has 2 aromatic carbocycles. The van der Waals surface area contributed by atoms with Crippen molar-refractivity contribution in [3.05, 3.63) is 76.9 Å². The number of fused-ring (bicyclic) bond motifs is 1. The van der Waals surface area contributed by atoms with E-state index in [2.05, 4.69) is 14.7 Å². The first-order valence-electron chi connectivity index (χ1n) is 12.6. The number of nitrogens with one attached hydrogen (secondary N) is 1. The first-order chi connectivity index (χ1) is 18.4. The van der Waals surface area contributed by atoms with Gasteiger partial charge in [-0.05, 0) is 86.1 Å². The Bertz CT molecular complexity index is 1400. The van der Waals surface area contributed by atoms with E-state index in [0.717, 1.165) is 43.2 Å². The summed E-state index contributed by atoms with van der Waals surface area (Å²) in [5.41, 5.74) is 1.98. The minimum absolute atomic E-state index is 0.0496. The van der Waals surface area contributed by atoms with Gasteiger partial charge in [0.05, 0.1) is 18.9 Å². The van der Waals surface area contributed by atoms with Gasteiger partial charge in [-0.15, -0.1) is 0 Å². The Labute approximate surface area is 225 Å². The summed E-state index contributed by atoms with van der Waals surface area (Å²) in [4.78, 5) is 2.55. The molecule has 2 aliphatic rings. The van der Waals surface area contributed by atoms with Gasteiger partial charge in [-0.2, -0.15) is 18.3 Å². The minimum Gasteiger partial charge on any atom is -0.494 e. The molecule has 2 heterocycles. The summed E-state index contributed by atoms with van der Waals surface area (Å²) in [6.07, 6.45) is 0.811. The summed E-state index contributed by atoms with van der Waals surface area (Å²) >= 11 is 0. The highest BCUT2D eigenvalue weighted by molar-refractivity contribution is 7.89. The number of hydrogen-bond acceptors (Lipinski definition) is 5. The fraction of sp³-hybridized carbons (Fsp3) is 0.444. The lowest BCUT2D eigenvalue weighted by Crippen LogP contribution is -2.41. The van der Waals surface area contributed by atoms with E-state index in [-0.39, 0.29) is 28.3 Å². The van der Waals surface area contributed by atoms with Crippen LogP contribution in [0.2, 0.25) is 0 Å². The zero-order valence-corrected chi connectivity index (χ0v) is 22.8. The highest BCUT2D eigenvalue weighted by Crippen LogP contribution is 2.43. The molecule has 2 unspecified atom stereocenters. The van der Waals surface area contributed by atoms with E-state index in [1.165, 1.54) is 55.9 Å². The van der Waals surface area contributed by atoms with E-state index >= 15 is 0 Å². The number of methoxy groups -OCH3 is 1. The van der Waals surface area contributed by atoms with Crippen molar-refractivity contribution in [1.82, 2.24) is 19.4 Å². The normalized spacial score (nSPS) is 19.2. The maximum absolute atomic E-state index is 14.2. The topological polar surface area (TPSA) is 76.5 Å². The predicted octanol–water partition coefficient (Wildman–Crippen LogP) is 4.39. The molecule has 12 heteroatoms. The molecule has 1 aliphatic heterocycles. The first kappa shape index (κ1) is 29.0. The third-order valence-corrected chi connectivity index (χ3v) is 8.64. The maximum Gasteiger partial charge on any atom is 0.416 e. The third-order valence-electron chi connectivity index (χ3n) is 7.28.